The largest absolute Gasteiger partial charge is 0.496 e. The normalized spacial score (nSPS) is 22.2. The van der Waals surface area contributed by atoms with Crippen molar-refractivity contribution < 1.29 is 9.53 Å². The number of nitrogens with one attached hydrogen (secondary N) is 1. The lowest BCUT2D eigenvalue weighted by Crippen LogP contribution is -2.28. The molecular formula is C15H22N2O2. The lowest BCUT2D eigenvalue weighted by molar-refractivity contribution is 0.0944. The number of hydrogen-bond acceptors (Lipinski definition) is 3. The molecule has 2 unspecified atom stereocenters. The van der Waals surface area contributed by atoms with E-state index in [0.29, 0.717) is 22.9 Å². The Morgan fingerprint density at radius 3 is 2.89 bits per heavy atom. The van der Waals surface area contributed by atoms with E-state index in [1.807, 2.05) is 0 Å². The lowest BCUT2D eigenvalue weighted by atomic mass is 10.1. The molecule has 0 heterocycles. The second kappa shape index (κ2) is 5.95. The summed E-state index contributed by atoms with van der Waals surface area (Å²) in [5.41, 5.74) is 6.80. The molecule has 1 aromatic carbocycles. The molecule has 1 aromatic rings. The molecule has 0 aromatic heterocycles. The molecule has 19 heavy (non-hydrogen) atoms. The highest BCUT2D eigenvalue weighted by Gasteiger charge is 2.22. The van der Waals surface area contributed by atoms with E-state index in [4.69, 9.17) is 10.5 Å². The third kappa shape index (κ3) is 3.40. The molecule has 1 amide bonds. The molecule has 0 saturated heterocycles. The number of methoxy groups -OCH3 is 1. The number of nitrogen functional groups attached to an aromatic ring is 1. The maximum Gasteiger partial charge on any atom is 0.255 e. The number of amides is 1. The van der Waals surface area contributed by atoms with Gasteiger partial charge in [0.15, 0.2) is 0 Å². The Morgan fingerprint density at radius 2 is 2.26 bits per heavy atom. The van der Waals surface area contributed by atoms with Crippen molar-refractivity contribution in [2.24, 2.45) is 11.8 Å². The fourth-order valence-corrected chi connectivity index (χ4v) is 2.75. The zero-order valence-corrected chi connectivity index (χ0v) is 11.6. The maximum absolute atomic E-state index is 12.2. The van der Waals surface area contributed by atoms with Crippen molar-refractivity contribution in [1.29, 1.82) is 0 Å². The topological polar surface area (TPSA) is 64.3 Å². The van der Waals surface area contributed by atoms with Crippen LogP contribution < -0.4 is 15.8 Å². The zero-order chi connectivity index (χ0) is 13.8. The van der Waals surface area contributed by atoms with Crippen LogP contribution in [-0.4, -0.2) is 19.6 Å². The highest BCUT2D eigenvalue weighted by Crippen LogP contribution is 2.29. The van der Waals surface area contributed by atoms with Gasteiger partial charge in [0.2, 0.25) is 0 Å². The van der Waals surface area contributed by atoms with E-state index in [0.717, 1.165) is 12.5 Å². The van der Waals surface area contributed by atoms with E-state index in [1.165, 1.54) is 19.3 Å². The SMILES string of the molecule is COc1ccc(N)cc1C(=O)NCC1CCC(C)C1. The molecule has 2 atom stereocenters. The van der Waals surface area contributed by atoms with Crippen LogP contribution in [0.5, 0.6) is 5.75 Å². The Hall–Kier alpha value is -1.71. The fourth-order valence-electron chi connectivity index (χ4n) is 2.75. The van der Waals surface area contributed by atoms with Gasteiger partial charge in [-0.1, -0.05) is 13.3 Å². The van der Waals surface area contributed by atoms with Crippen molar-refractivity contribution in [3.8, 4) is 5.75 Å². The van der Waals surface area contributed by atoms with Gasteiger partial charge in [0.25, 0.3) is 5.91 Å². The molecule has 1 saturated carbocycles. The average molecular weight is 262 g/mol. The average Bonchev–Trinajstić information content (AvgIpc) is 2.81. The first kappa shape index (κ1) is 13.7. The molecule has 1 aliphatic rings. The van der Waals surface area contributed by atoms with Gasteiger partial charge in [-0.05, 0) is 42.9 Å². The van der Waals surface area contributed by atoms with E-state index in [2.05, 4.69) is 12.2 Å². The summed E-state index contributed by atoms with van der Waals surface area (Å²) in [7, 11) is 1.56. The van der Waals surface area contributed by atoms with Crippen LogP contribution in [0, 0.1) is 11.8 Å². The van der Waals surface area contributed by atoms with Crippen LogP contribution >= 0.6 is 0 Å². The van der Waals surface area contributed by atoms with Gasteiger partial charge in [-0.3, -0.25) is 4.79 Å². The van der Waals surface area contributed by atoms with Crippen LogP contribution in [0.25, 0.3) is 0 Å². The first-order valence-corrected chi connectivity index (χ1v) is 6.82. The van der Waals surface area contributed by atoms with Gasteiger partial charge in [0.1, 0.15) is 5.75 Å². The van der Waals surface area contributed by atoms with Crippen LogP contribution in [-0.2, 0) is 0 Å². The molecule has 1 fully saturated rings. The first-order valence-electron chi connectivity index (χ1n) is 6.82. The molecule has 4 heteroatoms. The van der Waals surface area contributed by atoms with Crippen LogP contribution in [0.3, 0.4) is 0 Å². The third-order valence-electron chi connectivity index (χ3n) is 3.82. The minimum absolute atomic E-state index is 0.108. The number of nitrogens with two attached hydrogens (primary N) is 1. The monoisotopic (exact) mass is 262 g/mol. The Bertz CT molecular complexity index is 459. The predicted molar refractivity (Wildman–Crippen MR) is 76.2 cm³/mol. The van der Waals surface area contributed by atoms with Crippen LogP contribution in [0.15, 0.2) is 18.2 Å². The second-order valence-electron chi connectivity index (χ2n) is 5.45. The number of carbonyl (C=O) groups is 1. The van der Waals surface area contributed by atoms with E-state index in [9.17, 15) is 4.79 Å². The van der Waals surface area contributed by atoms with E-state index < -0.39 is 0 Å². The number of hydrogen-bond donors (Lipinski definition) is 2. The van der Waals surface area contributed by atoms with Gasteiger partial charge in [0, 0.05) is 12.2 Å². The quantitative estimate of drug-likeness (QED) is 0.819. The Balaban J connectivity index is 1.97. The first-order chi connectivity index (χ1) is 9.10. The Labute approximate surface area is 114 Å². The van der Waals surface area contributed by atoms with Gasteiger partial charge in [-0.15, -0.1) is 0 Å². The van der Waals surface area contributed by atoms with Crippen molar-refractivity contribution in [2.75, 3.05) is 19.4 Å². The number of benzene rings is 1. The number of anilines is 1. The van der Waals surface area contributed by atoms with Crippen LogP contribution in [0.2, 0.25) is 0 Å². The Kier molecular flexibility index (Phi) is 4.30. The molecule has 104 valence electrons. The van der Waals surface area contributed by atoms with Crippen molar-refractivity contribution in [3.05, 3.63) is 23.8 Å². The molecule has 1 aliphatic carbocycles. The molecule has 0 radical (unpaired) electrons. The zero-order valence-electron chi connectivity index (χ0n) is 11.6. The van der Waals surface area contributed by atoms with Crippen molar-refractivity contribution in [2.45, 2.75) is 26.2 Å². The van der Waals surface area contributed by atoms with Gasteiger partial charge < -0.3 is 15.8 Å². The van der Waals surface area contributed by atoms with Crippen molar-refractivity contribution >= 4 is 11.6 Å². The number of rotatable bonds is 4. The van der Waals surface area contributed by atoms with E-state index in [-0.39, 0.29) is 5.91 Å². The molecule has 2 rings (SSSR count). The Morgan fingerprint density at radius 1 is 1.47 bits per heavy atom. The smallest absolute Gasteiger partial charge is 0.255 e. The van der Waals surface area contributed by atoms with Gasteiger partial charge in [-0.2, -0.15) is 0 Å². The summed E-state index contributed by atoms with van der Waals surface area (Å²) in [6.07, 6.45) is 3.67. The fraction of sp³-hybridized carbons (Fsp3) is 0.533. The molecule has 0 bridgehead atoms. The molecule has 3 N–H and O–H groups in total. The van der Waals surface area contributed by atoms with Crippen molar-refractivity contribution in [3.63, 3.8) is 0 Å². The highest BCUT2D eigenvalue weighted by molar-refractivity contribution is 5.97. The van der Waals surface area contributed by atoms with Crippen molar-refractivity contribution in [1.82, 2.24) is 5.32 Å². The minimum atomic E-state index is -0.108. The predicted octanol–water partition coefficient (Wildman–Crippen LogP) is 2.44. The summed E-state index contributed by atoms with van der Waals surface area (Å²) in [6, 6.07) is 5.11. The summed E-state index contributed by atoms with van der Waals surface area (Å²) < 4.78 is 5.19. The maximum atomic E-state index is 12.2. The summed E-state index contributed by atoms with van der Waals surface area (Å²) >= 11 is 0. The summed E-state index contributed by atoms with van der Waals surface area (Å²) in [5.74, 6) is 1.84. The summed E-state index contributed by atoms with van der Waals surface area (Å²) in [5, 5.41) is 2.99. The standard InChI is InChI=1S/C15H22N2O2/c1-10-3-4-11(7-10)9-17-15(18)13-8-12(16)5-6-14(13)19-2/h5-6,8,10-11H,3-4,7,9,16H2,1-2H3,(H,17,18). The minimum Gasteiger partial charge on any atom is -0.496 e. The van der Waals surface area contributed by atoms with E-state index >= 15 is 0 Å². The molecule has 0 spiro atoms. The lowest BCUT2D eigenvalue weighted by Gasteiger charge is -2.13. The molecule has 4 nitrogen and oxygen atoms in total. The molecule has 0 aliphatic heterocycles. The second-order valence-corrected chi connectivity index (χ2v) is 5.45. The summed E-state index contributed by atoms with van der Waals surface area (Å²) in [6.45, 7) is 3.00. The highest BCUT2D eigenvalue weighted by atomic mass is 16.5. The van der Waals surface area contributed by atoms with Gasteiger partial charge in [0.05, 0.1) is 12.7 Å². The van der Waals surface area contributed by atoms with Gasteiger partial charge in [-0.25, -0.2) is 0 Å². The van der Waals surface area contributed by atoms with E-state index in [1.54, 1.807) is 25.3 Å². The molecular weight excluding hydrogens is 240 g/mol. The summed E-state index contributed by atoms with van der Waals surface area (Å²) in [4.78, 5) is 12.2. The van der Waals surface area contributed by atoms with Crippen LogP contribution in [0.4, 0.5) is 5.69 Å². The number of ether oxygens (including phenoxy) is 1. The van der Waals surface area contributed by atoms with Crippen LogP contribution in [0.1, 0.15) is 36.5 Å². The third-order valence-corrected chi connectivity index (χ3v) is 3.82. The number of carbonyl (C=O) groups excluding carboxylic acids is 1. The van der Waals surface area contributed by atoms with Gasteiger partial charge >= 0.3 is 0 Å².